The molecule has 9 aromatic rings. The van der Waals surface area contributed by atoms with Gasteiger partial charge >= 0.3 is 0 Å². The number of nitrogens with zero attached hydrogens (tertiary/aromatic N) is 1. The highest BCUT2D eigenvalue weighted by Gasteiger charge is 2.28. The number of aromatic amines is 1. The van der Waals surface area contributed by atoms with Crippen molar-refractivity contribution in [2.45, 2.75) is 0 Å². The maximum absolute atomic E-state index is 6.68. The molecule has 1 aliphatic rings. The zero-order valence-electron chi connectivity index (χ0n) is 23.5. The molecule has 0 atom stereocenters. The van der Waals surface area contributed by atoms with Gasteiger partial charge in [-0.05, 0) is 70.9 Å². The van der Waals surface area contributed by atoms with Crippen LogP contribution < -0.4 is 9.47 Å². The van der Waals surface area contributed by atoms with Crippen LogP contribution in [0.15, 0.2) is 140 Å². The van der Waals surface area contributed by atoms with Crippen molar-refractivity contribution in [2.75, 3.05) is 0 Å². The first kappa shape index (κ1) is 23.6. The molecular weight excluding hydrogens is 540 g/mol. The summed E-state index contributed by atoms with van der Waals surface area (Å²) < 4.78 is 15.7. The molecule has 1 N–H and O–H groups in total. The van der Waals surface area contributed by atoms with Gasteiger partial charge in [0.2, 0.25) is 0 Å². The summed E-state index contributed by atoms with van der Waals surface area (Å²) in [6.45, 7) is 0. The molecule has 0 saturated heterocycles. The van der Waals surface area contributed by atoms with Gasteiger partial charge in [-0.3, -0.25) is 0 Å². The first-order chi connectivity index (χ1) is 21.8. The number of benzene rings is 7. The standard InChI is InChI=1S/C40H24N2O2/c1-2-11-26(12-3-1)42-33-15-7-6-14-28(33)30-22-25(19-21-34(30)42)29-23-31-37-27-13-5-4-10-24(27)18-20-32(37)41-38(31)40-39(29)43-35-16-8-9-17-36(35)44-40/h1-23,41H. The van der Waals surface area contributed by atoms with E-state index in [0.29, 0.717) is 17.2 Å². The molecule has 1 aliphatic heterocycles. The maximum atomic E-state index is 6.68. The molecule has 44 heavy (non-hydrogen) atoms. The van der Waals surface area contributed by atoms with E-state index in [-0.39, 0.29) is 0 Å². The second kappa shape index (κ2) is 8.76. The number of para-hydroxylation sites is 4. The second-order valence-corrected chi connectivity index (χ2v) is 11.4. The highest BCUT2D eigenvalue weighted by Crippen LogP contribution is 2.54. The first-order valence-electron chi connectivity index (χ1n) is 14.9. The molecule has 206 valence electrons. The van der Waals surface area contributed by atoms with Crippen LogP contribution >= 0.6 is 0 Å². The monoisotopic (exact) mass is 564 g/mol. The number of hydrogen-bond acceptors (Lipinski definition) is 2. The van der Waals surface area contributed by atoms with Crippen molar-refractivity contribution in [1.29, 1.82) is 0 Å². The Kier molecular flexibility index (Phi) is 4.69. The summed E-state index contributed by atoms with van der Waals surface area (Å²) >= 11 is 0. The summed E-state index contributed by atoms with van der Waals surface area (Å²) in [7, 11) is 0. The summed E-state index contributed by atoms with van der Waals surface area (Å²) in [5.41, 5.74) is 7.56. The van der Waals surface area contributed by atoms with E-state index in [1.54, 1.807) is 0 Å². The average Bonchev–Trinajstić information content (AvgIpc) is 3.63. The van der Waals surface area contributed by atoms with Gasteiger partial charge < -0.3 is 19.0 Å². The van der Waals surface area contributed by atoms with Crippen LogP contribution in [0.4, 0.5) is 0 Å². The zero-order chi connectivity index (χ0) is 28.8. The topological polar surface area (TPSA) is 39.2 Å². The second-order valence-electron chi connectivity index (χ2n) is 11.4. The number of aromatic nitrogens is 2. The smallest absolute Gasteiger partial charge is 0.194 e. The van der Waals surface area contributed by atoms with Crippen molar-refractivity contribution in [3.05, 3.63) is 140 Å². The molecule has 0 radical (unpaired) electrons. The Morgan fingerprint density at radius 3 is 2.07 bits per heavy atom. The molecule has 3 heterocycles. The van der Waals surface area contributed by atoms with E-state index >= 15 is 0 Å². The molecular formula is C40H24N2O2. The van der Waals surface area contributed by atoms with E-state index < -0.39 is 0 Å². The number of nitrogens with one attached hydrogen (secondary N) is 1. The van der Waals surface area contributed by atoms with Crippen LogP contribution in [0.3, 0.4) is 0 Å². The van der Waals surface area contributed by atoms with Crippen molar-refractivity contribution >= 4 is 54.4 Å². The summed E-state index contributed by atoms with van der Waals surface area (Å²) in [4.78, 5) is 3.67. The minimum atomic E-state index is 0.711. The Hall–Kier alpha value is -6.00. The normalized spacial score (nSPS) is 12.5. The Balaban J connectivity index is 1.30. The minimum absolute atomic E-state index is 0.711. The molecule has 0 unspecified atom stereocenters. The SMILES string of the molecule is c1ccc(-n2c3ccccc3c3cc(-c4cc5c([nH]c6ccc7ccccc7c65)c5c4Oc4ccccc4O5)ccc32)cc1. The Morgan fingerprint density at radius 2 is 1.20 bits per heavy atom. The molecule has 0 spiro atoms. The van der Waals surface area contributed by atoms with Crippen molar-refractivity contribution < 1.29 is 9.47 Å². The quantitative estimate of drug-likeness (QED) is 0.227. The van der Waals surface area contributed by atoms with Crippen LogP contribution in [-0.4, -0.2) is 9.55 Å². The summed E-state index contributed by atoms with van der Waals surface area (Å²) in [5, 5.41) is 7.12. The van der Waals surface area contributed by atoms with Gasteiger partial charge in [0.25, 0.3) is 0 Å². The lowest BCUT2D eigenvalue weighted by Crippen LogP contribution is -2.01. The van der Waals surface area contributed by atoms with Crippen molar-refractivity contribution in [3.8, 4) is 39.8 Å². The highest BCUT2D eigenvalue weighted by atomic mass is 16.6. The third kappa shape index (κ3) is 3.22. The van der Waals surface area contributed by atoms with Gasteiger partial charge in [0, 0.05) is 38.3 Å². The van der Waals surface area contributed by atoms with Crippen LogP contribution in [0.5, 0.6) is 23.0 Å². The molecule has 0 amide bonds. The largest absolute Gasteiger partial charge is 0.449 e. The predicted octanol–water partition coefficient (Wildman–Crippen LogP) is 11.1. The van der Waals surface area contributed by atoms with Gasteiger partial charge in [-0.25, -0.2) is 0 Å². The van der Waals surface area contributed by atoms with E-state index in [2.05, 4.69) is 125 Å². The van der Waals surface area contributed by atoms with Crippen LogP contribution in [0.2, 0.25) is 0 Å². The van der Waals surface area contributed by atoms with Gasteiger partial charge in [0.1, 0.15) is 0 Å². The van der Waals surface area contributed by atoms with Gasteiger partial charge in [-0.2, -0.15) is 0 Å². The highest BCUT2D eigenvalue weighted by molar-refractivity contribution is 6.22. The van der Waals surface area contributed by atoms with Crippen LogP contribution in [0.1, 0.15) is 0 Å². The number of hydrogen-bond donors (Lipinski definition) is 1. The Labute approximate surface area is 252 Å². The average molecular weight is 565 g/mol. The fourth-order valence-electron chi connectivity index (χ4n) is 7.01. The molecule has 0 fully saturated rings. The van der Waals surface area contributed by atoms with Crippen LogP contribution in [0.25, 0.3) is 71.2 Å². The number of H-pyrrole nitrogens is 1. The molecule has 4 heteroatoms. The predicted molar refractivity (Wildman–Crippen MR) is 180 cm³/mol. The summed E-state index contributed by atoms with van der Waals surface area (Å²) in [6, 6.07) is 48.9. The first-order valence-corrected chi connectivity index (χ1v) is 14.9. The van der Waals surface area contributed by atoms with Crippen LogP contribution in [0, 0.1) is 0 Å². The summed E-state index contributed by atoms with van der Waals surface area (Å²) in [5.74, 6) is 2.86. The maximum Gasteiger partial charge on any atom is 0.194 e. The fraction of sp³-hybridized carbons (Fsp3) is 0. The molecule has 0 aliphatic carbocycles. The Bertz CT molecular complexity index is 2610. The molecule has 0 saturated carbocycles. The van der Waals surface area contributed by atoms with Gasteiger partial charge in [0.05, 0.1) is 16.6 Å². The molecule has 4 nitrogen and oxygen atoms in total. The van der Waals surface area contributed by atoms with E-state index in [4.69, 9.17) is 9.47 Å². The van der Waals surface area contributed by atoms with Gasteiger partial charge in [-0.15, -0.1) is 0 Å². The molecule has 7 aromatic carbocycles. The van der Waals surface area contributed by atoms with Crippen LogP contribution in [-0.2, 0) is 0 Å². The van der Waals surface area contributed by atoms with E-state index in [1.807, 2.05) is 24.3 Å². The van der Waals surface area contributed by atoms with E-state index in [0.717, 1.165) is 44.5 Å². The summed E-state index contributed by atoms with van der Waals surface area (Å²) in [6.07, 6.45) is 0. The zero-order valence-corrected chi connectivity index (χ0v) is 23.5. The lowest BCUT2D eigenvalue weighted by atomic mass is 9.97. The number of rotatable bonds is 2. The van der Waals surface area contributed by atoms with Crippen molar-refractivity contribution in [3.63, 3.8) is 0 Å². The third-order valence-electron chi connectivity index (χ3n) is 8.97. The van der Waals surface area contributed by atoms with Gasteiger partial charge in [-0.1, -0.05) is 84.9 Å². The lowest BCUT2D eigenvalue weighted by Gasteiger charge is -2.23. The number of ether oxygens (including phenoxy) is 2. The van der Waals surface area contributed by atoms with Gasteiger partial charge in [0.15, 0.2) is 23.0 Å². The molecule has 10 rings (SSSR count). The third-order valence-corrected chi connectivity index (χ3v) is 8.97. The minimum Gasteiger partial charge on any atom is -0.449 e. The lowest BCUT2D eigenvalue weighted by molar-refractivity contribution is 0.364. The molecule has 2 aromatic heterocycles. The van der Waals surface area contributed by atoms with E-state index in [1.165, 1.54) is 32.4 Å². The Morgan fingerprint density at radius 1 is 0.500 bits per heavy atom. The fourth-order valence-corrected chi connectivity index (χ4v) is 7.01. The van der Waals surface area contributed by atoms with Crippen molar-refractivity contribution in [1.82, 2.24) is 9.55 Å². The molecule has 0 bridgehead atoms. The van der Waals surface area contributed by atoms with Crippen molar-refractivity contribution in [2.24, 2.45) is 0 Å². The van der Waals surface area contributed by atoms with E-state index in [9.17, 15) is 0 Å². The number of fused-ring (bicyclic) bond motifs is 11.